The summed E-state index contributed by atoms with van der Waals surface area (Å²) < 4.78 is 59.7. The number of anilines is 1. The number of halogens is 3. The van der Waals surface area contributed by atoms with Crippen molar-refractivity contribution < 1.29 is 52.2 Å². The standard InChI is InChI=1S/2C19H20FNO3.C7H7NO3.ClH/c2*20-15-3-1-13(2-4-15)17-7-8-21-10-14(17)11-22-16-5-6-18-19(9-16)24-12-23-18;8-4-1-2-5(7(10)11)6(9)3-4;/h2*1-6,9,14,17,21H,7-8,10-12H2;1-3,9H,8H2,(H,10,11);1H/t2*14-,17-;;/m00../s1. The summed E-state index contributed by atoms with van der Waals surface area (Å²) in [6.45, 7) is 5.48. The zero-order valence-corrected chi connectivity index (χ0v) is 33.5. The molecule has 12 nitrogen and oxygen atoms in total. The van der Waals surface area contributed by atoms with Crippen LogP contribution in [0.25, 0.3) is 0 Å². The first-order chi connectivity index (χ1) is 28.7. The van der Waals surface area contributed by atoms with Crippen LogP contribution in [0.4, 0.5) is 14.5 Å². The first-order valence-corrected chi connectivity index (χ1v) is 19.5. The lowest BCUT2D eigenvalue weighted by Gasteiger charge is -2.32. The smallest absolute Gasteiger partial charge is 0.339 e. The Bertz CT molecular complexity index is 2060. The van der Waals surface area contributed by atoms with E-state index in [1.807, 2.05) is 60.7 Å². The molecule has 0 radical (unpaired) electrons. The van der Waals surface area contributed by atoms with E-state index in [2.05, 4.69) is 10.6 Å². The molecule has 0 aromatic heterocycles. The number of piperidine rings is 2. The van der Waals surface area contributed by atoms with Gasteiger partial charge in [-0.15, -0.1) is 12.4 Å². The van der Waals surface area contributed by atoms with Crippen LogP contribution in [0.2, 0.25) is 0 Å². The Morgan fingerprint density at radius 3 is 1.53 bits per heavy atom. The number of nitrogens with two attached hydrogens (primary N) is 1. The lowest BCUT2D eigenvalue weighted by Crippen LogP contribution is -2.38. The second kappa shape index (κ2) is 20.8. The molecule has 5 aromatic rings. The Morgan fingerprint density at radius 2 is 1.10 bits per heavy atom. The fraction of sp³-hybridized carbons (Fsp3) is 0.311. The van der Waals surface area contributed by atoms with Crippen molar-refractivity contribution in [2.24, 2.45) is 11.8 Å². The molecule has 0 bridgehead atoms. The molecule has 6 N–H and O–H groups in total. The van der Waals surface area contributed by atoms with E-state index in [0.717, 1.165) is 73.5 Å². The minimum Gasteiger partial charge on any atom is -0.507 e. The van der Waals surface area contributed by atoms with Gasteiger partial charge in [-0.1, -0.05) is 24.3 Å². The Kier molecular flexibility index (Phi) is 15.1. The van der Waals surface area contributed by atoms with E-state index in [0.29, 0.717) is 42.6 Å². The normalized spacial score (nSPS) is 19.6. The molecule has 2 saturated heterocycles. The van der Waals surface area contributed by atoms with E-state index >= 15 is 0 Å². The van der Waals surface area contributed by atoms with Crippen LogP contribution in [0.5, 0.6) is 40.2 Å². The van der Waals surface area contributed by atoms with Crippen molar-refractivity contribution in [2.75, 3.05) is 58.7 Å². The maximum Gasteiger partial charge on any atom is 0.339 e. The van der Waals surface area contributed by atoms with Gasteiger partial charge >= 0.3 is 5.97 Å². The van der Waals surface area contributed by atoms with Gasteiger partial charge in [-0.05, 0) is 110 Å². The minimum atomic E-state index is -1.16. The zero-order chi connectivity index (χ0) is 41.1. The predicted octanol–water partition coefficient (Wildman–Crippen LogP) is 7.75. The molecule has 4 atom stereocenters. The topological polar surface area (TPSA) is 163 Å². The third-order valence-corrected chi connectivity index (χ3v) is 10.7. The van der Waals surface area contributed by atoms with Crippen LogP contribution >= 0.6 is 12.4 Å². The molecule has 4 heterocycles. The van der Waals surface area contributed by atoms with E-state index in [9.17, 15) is 13.6 Å². The highest BCUT2D eigenvalue weighted by molar-refractivity contribution is 5.91. The number of carboxylic acids is 1. The van der Waals surface area contributed by atoms with E-state index in [4.69, 9.17) is 44.4 Å². The van der Waals surface area contributed by atoms with Crippen molar-refractivity contribution >= 4 is 24.1 Å². The lowest BCUT2D eigenvalue weighted by atomic mass is 9.81. The molecule has 0 spiro atoms. The number of carboxylic acid groups (broad SMARTS) is 1. The van der Waals surface area contributed by atoms with Crippen LogP contribution in [0.1, 0.15) is 46.2 Å². The van der Waals surface area contributed by atoms with Crippen molar-refractivity contribution in [3.8, 4) is 40.2 Å². The molecular weight excluding hydrogens is 800 g/mol. The molecular formula is C45H48ClF2N3O9. The van der Waals surface area contributed by atoms with Crippen molar-refractivity contribution in [1.29, 1.82) is 0 Å². The molecule has 5 aromatic carbocycles. The van der Waals surface area contributed by atoms with Gasteiger partial charge in [0.2, 0.25) is 13.6 Å². The predicted molar refractivity (Wildman–Crippen MR) is 223 cm³/mol. The van der Waals surface area contributed by atoms with Crippen LogP contribution in [0.3, 0.4) is 0 Å². The van der Waals surface area contributed by atoms with Gasteiger partial charge in [0.05, 0.1) is 13.2 Å². The largest absolute Gasteiger partial charge is 0.507 e. The fourth-order valence-corrected chi connectivity index (χ4v) is 7.56. The highest BCUT2D eigenvalue weighted by Gasteiger charge is 2.29. The number of nitrogen functional groups attached to an aromatic ring is 1. The van der Waals surface area contributed by atoms with Gasteiger partial charge in [0.1, 0.15) is 34.4 Å². The Hall–Kier alpha value is -5.96. The molecule has 4 aliphatic heterocycles. The summed E-state index contributed by atoms with van der Waals surface area (Å²) in [6, 6.07) is 28.8. The third-order valence-electron chi connectivity index (χ3n) is 10.7. The van der Waals surface area contributed by atoms with Gasteiger partial charge < -0.3 is 55.0 Å². The Balaban J connectivity index is 0.000000160. The number of aromatic hydroxyl groups is 1. The summed E-state index contributed by atoms with van der Waals surface area (Å²) in [7, 11) is 0. The van der Waals surface area contributed by atoms with Crippen molar-refractivity contribution in [3.63, 3.8) is 0 Å². The number of rotatable bonds is 9. The molecule has 15 heteroatoms. The third kappa shape index (κ3) is 11.4. The van der Waals surface area contributed by atoms with Crippen molar-refractivity contribution in [1.82, 2.24) is 10.6 Å². The molecule has 0 amide bonds. The number of nitrogens with one attached hydrogen (secondary N) is 2. The second-order valence-corrected chi connectivity index (χ2v) is 14.6. The van der Waals surface area contributed by atoms with Crippen LogP contribution in [-0.4, -0.2) is 69.2 Å². The molecule has 2 fully saturated rings. The van der Waals surface area contributed by atoms with Gasteiger partial charge in [0.15, 0.2) is 23.0 Å². The average Bonchev–Trinajstić information content (AvgIpc) is 3.93. The highest BCUT2D eigenvalue weighted by atomic mass is 35.5. The van der Waals surface area contributed by atoms with E-state index in [1.54, 1.807) is 0 Å². The molecule has 60 heavy (non-hydrogen) atoms. The first kappa shape index (κ1) is 43.6. The lowest BCUT2D eigenvalue weighted by molar-refractivity contribution is 0.0693. The summed E-state index contributed by atoms with van der Waals surface area (Å²) in [5, 5.41) is 24.3. The summed E-state index contributed by atoms with van der Waals surface area (Å²) in [4.78, 5) is 10.3. The maximum atomic E-state index is 13.2. The first-order valence-electron chi connectivity index (χ1n) is 19.5. The number of phenols is 1. The van der Waals surface area contributed by atoms with E-state index in [-0.39, 0.29) is 48.9 Å². The monoisotopic (exact) mass is 847 g/mol. The Morgan fingerprint density at radius 1 is 0.650 bits per heavy atom. The number of hydrogen-bond acceptors (Lipinski definition) is 11. The van der Waals surface area contributed by atoms with Gasteiger partial charge in [0, 0.05) is 48.8 Å². The number of fused-ring (bicyclic) bond motifs is 2. The number of carbonyl (C=O) groups is 1. The van der Waals surface area contributed by atoms with Crippen LogP contribution in [0.15, 0.2) is 103 Å². The Labute approximate surface area is 352 Å². The quantitative estimate of drug-likeness (QED) is 0.0919. The maximum absolute atomic E-state index is 13.2. The van der Waals surface area contributed by atoms with Gasteiger partial charge in [-0.25, -0.2) is 13.6 Å². The molecule has 318 valence electrons. The van der Waals surface area contributed by atoms with Crippen molar-refractivity contribution in [3.05, 3.63) is 131 Å². The molecule has 9 rings (SSSR count). The average molecular weight is 848 g/mol. The van der Waals surface area contributed by atoms with Crippen LogP contribution in [-0.2, 0) is 0 Å². The molecule has 4 aliphatic rings. The summed E-state index contributed by atoms with van der Waals surface area (Å²) in [5.74, 6) is 4.10. The summed E-state index contributed by atoms with van der Waals surface area (Å²) >= 11 is 0. The zero-order valence-electron chi connectivity index (χ0n) is 32.7. The van der Waals surface area contributed by atoms with Crippen LogP contribution < -0.4 is 44.8 Å². The van der Waals surface area contributed by atoms with E-state index in [1.165, 1.54) is 53.6 Å². The van der Waals surface area contributed by atoms with Gasteiger partial charge in [0.25, 0.3) is 0 Å². The van der Waals surface area contributed by atoms with Gasteiger partial charge in [-0.3, -0.25) is 0 Å². The summed E-state index contributed by atoms with van der Waals surface area (Å²) in [5.41, 5.74) is 7.83. The SMILES string of the molecule is Cl.Fc1ccc([C@@H]2CCNC[C@H]2COc2ccc3c(c2)OCO3)cc1.Fc1ccc([C@@H]2CCNC[C@H]2COc2ccc3c(c2)OCO3)cc1.Nc1ccc(C(=O)O)c(O)c1. The molecule has 0 saturated carbocycles. The van der Waals surface area contributed by atoms with E-state index < -0.39 is 5.97 Å². The number of benzene rings is 5. The highest BCUT2D eigenvalue weighted by Crippen LogP contribution is 2.38. The number of aromatic carboxylic acids is 1. The molecule has 0 unspecified atom stereocenters. The number of hydrogen-bond donors (Lipinski definition) is 5. The van der Waals surface area contributed by atoms with Crippen LogP contribution in [0, 0.1) is 23.5 Å². The van der Waals surface area contributed by atoms with Crippen molar-refractivity contribution in [2.45, 2.75) is 24.7 Å². The minimum absolute atomic E-state index is 0. The second-order valence-electron chi connectivity index (χ2n) is 14.6. The number of ether oxygens (including phenoxy) is 6. The molecule has 0 aliphatic carbocycles. The summed E-state index contributed by atoms with van der Waals surface area (Å²) in [6.07, 6.45) is 2.06. The fourth-order valence-electron chi connectivity index (χ4n) is 7.56. The van der Waals surface area contributed by atoms with Gasteiger partial charge in [-0.2, -0.15) is 0 Å².